The lowest BCUT2D eigenvalue weighted by atomic mass is 9.87. The molecular formula is C31H50ClF2N7O2. The smallest absolute Gasteiger partial charge is 0.329 e. The van der Waals surface area contributed by atoms with Crippen LogP contribution in [0.5, 0.6) is 0 Å². The molecule has 242 valence electrons. The number of aromatic nitrogens is 2. The highest BCUT2D eigenvalue weighted by Gasteiger charge is 2.49. The molecule has 1 saturated carbocycles. The second-order valence-corrected chi connectivity index (χ2v) is 14.5. The molecule has 5 rings (SSSR count). The molecule has 3 unspecified atom stereocenters. The van der Waals surface area contributed by atoms with E-state index in [-0.39, 0.29) is 36.6 Å². The van der Waals surface area contributed by atoms with Gasteiger partial charge in [-0.05, 0) is 77.2 Å². The Hall–Kier alpha value is -1.76. The Kier molecular flexibility index (Phi) is 9.81. The molecular weight excluding hydrogens is 576 g/mol. The van der Waals surface area contributed by atoms with E-state index in [9.17, 15) is 18.7 Å². The van der Waals surface area contributed by atoms with Crippen LogP contribution < -0.4 is 21.6 Å². The van der Waals surface area contributed by atoms with Crippen molar-refractivity contribution in [3.63, 3.8) is 0 Å². The van der Waals surface area contributed by atoms with Crippen LogP contribution in [0.2, 0.25) is 0 Å². The van der Waals surface area contributed by atoms with E-state index in [1.807, 2.05) is 27.7 Å². The molecule has 0 spiro atoms. The van der Waals surface area contributed by atoms with Crippen LogP contribution in [0.4, 0.5) is 14.5 Å². The Morgan fingerprint density at radius 2 is 1.81 bits per heavy atom. The normalized spacial score (nSPS) is 28.6. The fraction of sp³-hybridized carbons (Fsp3) is 0.774. The lowest BCUT2D eigenvalue weighted by Crippen LogP contribution is -2.70. The van der Waals surface area contributed by atoms with Crippen molar-refractivity contribution < 1.29 is 13.9 Å². The standard InChI is InChI=1S/C31H50ClF2N7O2/c1-20-17-39(18-21(2)31(20,33)34)28-35-16-24(32)27(37-28)36-23-9-10-25-26(15-23)41(14-11-30(3,4)43)29(42)40(25)13-6-12-38(5)19-22-7-8-22/h9-10,15,20-22,24,27-28,35-37,43H,6-8,11-14,16-19H2,1-5H3/t20-,21+,24?,27?,28?. The zero-order valence-corrected chi connectivity index (χ0v) is 27.0. The summed E-state index contributed by atoms with van der Waals surface area (Å²) in [6, 6.07) is 5.92. The van der Waals surface area contributed by atoms with Crippen molar-refractivity contribution in [2.24, 2.45) is 17.8 Å². The van der Waals surface area contributed by atoms with Crippen LogP contribution in [-0.2, 0) is 13.1 Å². The van der Waals surface area contributed by atoms with Crippen LogP contribution in [0.3, 0.4) is 0 Å². The van der Waals surface area contributed by atoms with Crippen molar-refractivity contribution in [1.82, 2.24) is 29.6 Å². The average Bonchev–Trinajstić information content (AvgIpc) is 3.70. The summed E-state index contributed by atoms with van der Waals surface area (Å²) in [6.45, 7) is 10.9. The maximum atomic E-state index is 14.5. The van der Waals surface area contributed by atoms with E-state index in [4.69, 9.17) is 11.6 Å². The molecule has 3 fully saturated rings. The molecule has 2 saturated heterocycles. The van der Waals surface area contributed by atoms with Crippen LogP contribution in [0.25, 0.3) is 11.0 Å². The van der Waals surface area contributed by atoms with E-state index in [1.165, 1.54) is 12.8 Å². The summed E-state index contributed by atoms with van der Waals surface area (Å²) < 4.78 is 32.6. The Balaban J connectivity index is 1.32. The zero-order chi connectivity index (χ0) is 31.1. The highest BCUT2D eigenvalue weighted by atomic mass is 35.5. The lowest BCUT2D eigenvalue weighted by Gasteiger charge is -2.47. The molecule has 0 amide bonds. The van der Waals surface area contributed by atoms with Gasteiger partial charge >= 0.3 is 5.69 Å². The number of benzene rings is 1. The SMILES string of the molecule is C[C@@H]1CN(C2NCC(Cl)C(Nc3ccc4c(c3)n(CCC(C)(C)O)c(=O)n4CCCN(C)CC3CC3)N2)C[C@H](C)C1(F)F. The summed E-state index contributed by atoms with van der Waals surface area (Å²) in [4.78, 5) is 18.0. The third-order valence-electron chi connectivity index (χ3n) is 9.38. The number of anilines is 1. The van der Waals surface area contributed by atoms with Gasteiger partial charge in [0.25, 0.3) is 5.92 Å². The molecule has 1 aliphatic carbocycles. The minimum Gasteiger partial charge on any atom is -0.390 e. The van der Waals surface area contributed by atoms with E-state index < -0.39 is 23.4 Å². The van der Waals surface area contributed by atoms with Gasteiger partial charge in [0, 0.05) is 56.8 Å². The molecule has 1 aromatic carbocycles. The number of aliphatic hydroxyl groups is 1. The van der Waals surface area contributed by atoms with Crippen molar-refractivity contribution in [2.75, 3.05) is 45.1 Å². The first-order valence-corrected chi connectivity index (χ1v) is 16.3. The summed E-state index contributed by atoms with van der Waals surface area (Å²) in [5.41, 5.74) is 1.51. The van der Waals surface area contributed by atoms with E-state index in [0.717, 1.165) is 42.1 Å². The maximum absolute atomic E-state index is 14.5. The number of piperidine rings is 1. The number of likely N-dealkylation sites (tertiary alicyclic amines) is 1. The third-order valence-corrected chi connectivity index (χ3v) is 9.78. The molecule has 1 aromatic heterocycles. The number of imidazole rings is 1. The van der Waals surface area contributed by atoms with E-state index >= 15 is 0 Å². The van der Waals surface area contributed by atoms with Crippen LogP contribution in [0.15, 0.2) is 23.0 Å². The maximum Gasteiger partial charge on any atom is 0.329 e. The number of hydrogen-bond donors (Lipinski definition) is 4. The number of aryl methyl sites for hydroxylation is 2. The first-order valence-electron chi connectivity index (χ1n) is 15.9. The Labute approximate surface area is 258 Å². The number of nitrogens with zero attached hydrogens (tertiary/aromatic N) is 4. The van der Waals surface area contributed by atoms with Gasteiger partial charge in [0.05, 0.1) is 28.2 Å². The predicted molar refractivity (Wildman–Crippen MR) is 169 cm³/mol. The minimum atomic E-state index is -2.68. The van der Waals surface area contributed by atoms with Crippen LogP contribution in [0.1, 0.15) is 53.4 Å². The van der Waals surface area contributed by atoms with Crippen LogP contribution in [0, 0.1) is 17.8 Å². The van der Waals surface area contributed by atoms with Crippen molar-refractivity contribution in [3.8, 4) is 0 Å². The minimum absolute atomic E-state index is 0.0679. The van der Waals surface area contributed by atoms with Gasteiger partial charge in [-0.15, -0.1) is 11.6 Å². The van der Waals surface area contributed by atoms with Gasteiger partial charge in [0.1, 0.15) is 6.29 Å². The van der Waals surface area contributed by atoms with Gasteiger partial charge in [-0.1, -0.05) is 13.8 Å². The van der Waals surface area contributed by atoms with E-state index in [2.05, 4.69) is 27.9 Å². The second-order valence-electron chi connectivity index (χ2n) is 14.0. The fourth-order valence-corrected chi connectivity index (χ4v) is 6.72. The second kappa shape index (κ2) is 12.9. The first-order chi connectivity index (χ1) is 20.2. The monoisotopic (exact) mass is 625 g/mol. The summed E-state index contributed by atoms with van der Waals surface area (Å²) in [5, 5.41) is 20.5. The Morgan fingerprint density at radius 1 is 1.14 bits per heavy atom. The third kappa shape index (κ3) is 7.73. The molecule has 4 N–H and O–H groups in total. The lowest BCUT2D eigenvalue weighted by molar-refractivity contribution is -0.150. The molecule has 0 radical (unpaired) electrons. The molecule has 12 heteroatoms. The van der Waals surface area contributed by atoms with Gasteiger partial charge in [0.15, 0.2) is 0 Å². The van der Waals surface area contributed by atoms with Gasteiger partial charge in [0.2, 0.25) is 0 Å². The largest absolute Gasteiger partial charge is 0.390 e. The van der Waals surface area contributed by atoms with Crippen molar-refractivity contribution in [2.45, 2.75) is 95.8 Å². The highest BCUT2D eigenvalue weighted by molar-refractivity contribution is 6.21. The van der Waals surface area contributed by atoms with Gasteiger partial charge < -0.3 is 15.3 Å². The zero-order valence-electron chi connectivity index (χ0n) is 26.3. The quantitative estimate of drug-likeness (QED) is 0.267. The Bertz CT molecular complexity index is 1290. The number of alkyl halides is 3. The summed E-state index contributed by atoms with van der Waals surface area (Å²) in [6.07, 6.45) is 3.35. The van der Waals surface area contributed by atoms with Gasteiger partial charge in [-0.3, -0.25) is 24.7 Å². The fourth-order valence-electron chi connectivity index (χ4n) is 6.50. The molecule has 3 aliphatic rings. The molecule has 2 aliphatic heterocycles. The van der Waals surface area contributed by atoms with Crippen molar-refractivity contribution in [3.05, 3.63) is 28.7 Å². The highest BCUT2D eigenvalue weighted by Crippen LogP contribution is 2.38. The predicted octanol–water partition coefficient (Wildman–Crippen LogP) is 3.74. The van der Waals surface area contributed by atoms with E-state index in [0.29, 0.717) is 26.1 Å². The van der Waals surface area contributed by atoms with Gasteiger partial charge in [-0.25, -0.2) is 13.6 Å². The number of rotatable bonds is 12. The number of hydrogen-bond acceptors (Lipinski definition) is 7. The van der Waals surface area contributed by atoms with Crippen molar-refractivity contribution in [1.29, 1.82) is 0 Å². The molecule has 2 aromatic rings. The van der Waals surface area contributed by atoms with Crippen LogP contribution >= 0.6 is 11.6 Å². The van der Waals surface area contributed by atoms with E-state index in [1.54, 1.807) is 32.3 Å². The topological polar surface area (TPSA) is 89.7 Å². The summed E-state index contributed by atoms with van der Waals surface area (Å²) >= 11 is 6.72. The Morgan fingerprint density at radius 3 is 2.47 bits per heavy atom. The van der Waals surface area contributed by atoms with Crippen molar-refractivity contribution >= 4 is 28.3 Å². The number of fused-ring (bicyclic) bond motifs is 1. The molecule has 5 atom stereocenters. The molecule has 3 heterocycles. The molecule has 0 bridgehead atoms. The summed E-state index contributed by atoms with van der Waals surface area (Å²) in [5.74, 6) is -3.34. The van der Waals surface area contributed by atoms with Crippen LogP contribution in [-0.4, -0.2) is 93.2 Å². The van der Waals surface area contributed by atoms with Gasteiger partial charge in [-0.2, -0.15) is 0 Å². The molecule has 9 nitrogen and oxygen atoms in total. The average molecular weight is 626 g/mol. The number of nitrogens with one attached hydrogen (secondary N) is 3. The summed E-state index contributed by atoms with van der Waals surface area (Å²) in [7, 11) is 2.15. The first kappa shape index (κ1) is 32.6. The number of halogens is 3. The molecule has 43 heavy (non-hydrogen) atoms.